The molecule has 1 aliphatic rings. The van der Waals surface area contributed by atoms with Crippen LogP contribution < -0.4 is 4.90 Å². The fraction of sp³-hybridized carbons (Fsp3) is 0.316. The highest BCUT2D eigenvalue weighted by atomic mass is 32.2. The first-order chi connectivity index (χ1) is 12.6. The molecule has 0 spiro atoms. The third-order valence-corrected chi connectivity index (χ3v) is 6.57. The summed E-state index contributed by atoms with van der Waals surface area (Å²) in [6.07, 6.45) is 2.04. The summed E-state index contributed by atoms with van der Waals surface area (Å²) in [4.78, 5) is 16.1. The van der Waals surface area contributed by atoms with Crippen molar-refractivity contribution in [3.63, 3.8) is 0 Å². The Balaban J connectivity index is 1.53. The van der Waals surface area contributed by atoms with Crippen LogP contribution in [-0.2, 0) is 18.3 Å². The molecule has 0 saturated heterocycles. The first kappa shape index (κ1) is 17.3. The summed E-state index contributed by atoms with van der Waals surface area (Å²) in [7, 11) is 1.95. The van der Waals surface area contributed by atoms with Crippen LogP contribution in [0, 0.1) is 0 Å². The van der Waals surface area contributed by atoms with Crippen molar-refractivity contribution in [3.8, 4) is 10.7 Å². The number of carbonyl (C=O) groups is 1. The maximum atomic E-state index is 13.1. The zero-order valence-corrected chi connectivity index (χ0v) is 16.4. The van der Waals surface area contributed by atoms with Crippen LogP contribution in [0.5, 0.6) is 0 Å². The van der Waals surface area contributed by atoms with Gasteiger partial charge < -0.3 is 9.47 Å². The Labute approximate surface area is 161 Å². The molecule has 2 aromatic heterocycles. The zero-order chi connectivity index (χ0) is 18.1. The number of benzene rings is 1. The minimum Gasteiger partial charge on any atom is -0.311 e. The molecule has 1 aromatic carbocycles. The third kappa shape index (κ3) is 3.17. The van der Waals surface area contributed by atoms with Crippen molar-refractivity contribution in [3.05, 3.63) is 47.3 Å². The standard InChI is InChI=1S/C19H20N4OS2/c1-13(18(24)23-11-5-8-14-7-3-4-9-15(14)23)26-19-21-20-17(22(19)2)16-10-6-12-25-16/h3-4,6-7,9-10,12-13H,5,8,11H2,1-2H3/t13-/m0/s1. The van der Waals surface area contributed by atoms with Gasteiger partial charge in [0.1, 0.15) is 0 Å². The number of rotatable bonds is 4. The Kier molecular flexibility index (Phi) is 4.82. The van der Waals surface area contributed by atoms with Gasteiger partial charge in [0.25, 0.3) is 0 Å². The van der Waals surface area contributed by atoms with Crippen molar-refractivity contribution < 1.29 is 4.79 Å². The largest absolute Gasteiger partial charge is 0.311 e. The van der Waals surface area contributed by atoms with Crippen LogP contribution in [0.4, 0.5) is 5.69 Å². The minimum absolute atomic E-state index is 0.128. The number of hydrogen-bond acceptors (Lipinski definition) is 5. The number of aryl methyl sites for hydroxylation is 1. The highest BCUT2D eigenvalue weighted by Gasteiger charge is 2.28. The van der Waals surface area contributed by atoms with E-state index in [2.05, 4.69) is 16.3 Å². The number of carbonyl (C=O) groups excluding carboxylic acids is 1. The first-order valence-electron chi connectivity index (χ1n) is 8.64. The predicted molar refractivity (Wildman–Crippen MR) is 107 cm³/mol. The molecule has 0 saturated carbocycles. The van der Waals surface area contributed by atoms with E-state index in [1.54, 1.807) is 11.3 Å². The van der Waals surface area contributed by atoms with Gasteiger partial charge in [0, 0.05) is 19.3 Å². The van der Waals surface area contributed by atoms with Gasteiger partial charge in [-0.3, -0.25) is 4.79 Å². The predicted octanol–water partition coefficient (Wildman–Crippen LogP) is 4.00. The summed E-state index contributed by atoms with van der Waals surface area (Å²) in [5.74, 6) is 0.966. The Hall–Kier alpha value is -2.12. The Morgan fingerprint density at radius 1 is 1.23 bits per heavy atom. The maximum absolute atomic E-state index is 13.1. The van der Waals surface area contributed by atoms with E-state index < -0.39 is 0 Å². The quantitative estimate of drug-likeness (QED) is 0.638. The topological polar surface area (TPSA) is 51.0 Å². The van der Waals surface area contributed by atoms with E-state index in [9.17, 15) is 4.79 Å². The van der Waals surface area contributed by atoms with Crippen molar-refractivity contribution in [1.29, 1.82) is 0 Å². The van der Waals surface area contributed by atoms with E-state index in [-0.39, 0.29) is 11.2 Å². The normalized spacial score (nSPS) is 14.9. The number of hydrogen-bond donors (Lipinski definition) is 0. The van der Waals surface area contributed by atoms with Crippen LogP contribution in [0.15, 0.2) is 46.9 Å². The van der Waals surface area contributed by atoms with Gasteiger partial charge in [0.05, 0.1) is 10.1 Å². The second-order valence-corrected chi connectivity index (χ2v) is 8.58. The molecule has 4 rings (SSSR count). The van der Waals surface area contributed by atoms with E-state index in [1.807, 2.05) is 59.2 Å². The summed E-state index contributed by atoms with van der Waals surface area (Å²) >= 11 is 3.10. The molecule has 1 amide bonds. The zero-order valence-electron chi connectivity index (χ0n) is 14.8. The van der Waals surface area contributed by atoms with E-state index in [0.29, 0.717) is 0 Å². The summed E-state index contributed by atoms with van der Waals surface area (Å²) in [6.45, 7) is 2.73. The molecule has 3 heterocycles. The van der Waals surface area contributed by atoms with E-state index in [4.69, 9.17) is 0 Å². The average molecular weight is 385 g/mol. The van der Waals surface area contributed by atoms with Crippen LogP contribution in [0.25, 0.3) is 10.7 Å². The number of anilines is 1. The van der Waals surface area contributed by atoms with Crippen LogP contribution in [-0.4, -0.2) is 32.5 Å². The van der Waals surface area contributed by atoms with Gasteiger partial charge in [-0.2, -0.15) is 0 Å². The number of fused-ring (bicyclic) bond motifs is 1. The molecule has 3 aromatic rings. The van der Waals surface area contributed by atoms with Gasteiger partial charge in [0.2, 0.25) is 5.91 Å². The number of amides is 1. The lowest BCUT2D eigenvalue weighted by molar-refractivity contribution is -0.117. The van der Waals surface area contributed by atoms with Crippen molar-refractivity contribution in [2.24, 2.45) is 7.05 Å². The van der Waals surface area contributed by atoms with Crippen LogP contribution in [0.3, 0.4) is 0 Å². The van der Waals surface area contributed by atoms with Crippen LogP contribution in [0.2, 0.25) is 0 Å². The van der Waals surface area contributed by atoms with Gasteiger partial charge in [-0.15, -0.1) is 21.5 Å². The van der Waals surface area contributed by atoms with Crippen molar-refractivity contribution in [2.45, 2.75) is 30.2 Å². The summed E-state index contributed by atoms with van der Waals surface area (Å²) in [5.41, 5.74) is 2.30. The van der Waals surface area contributed by atoms with Crippen LogP contribution >= 0.6 is 23.1 Å². The highest BCUT2D eigenvalue weighted by Crippen LogP contribution is 2.32. The molecule has 0 radical (unpaired) electrons. The molecule has 0 fully saturated rings. The molecule has 0 N–H and O–H groups in total. The van der Waals surface area contributed by atoms with Gasteiger partial charge in [0.15, 0.2) is 11.0 Å². The molecule has 7 heteroatoms. The summed E-state index contributed by atoms with van der Waals surface area (Å²) in [5, 5.41) is 11.2. The molecular formula is C19H20N4OS2. The third-order valence-electron chi connectivity index (χ3n) is 4.58. The molecule has 134 valence electrons. The van der Waals surface area contributed by atoms with E-state index in [0.717, 1.165) is 40.9 Å². The fourth-order valence-electron chi connectivity index (χ4n) is 3.23. The van der Waals surface area contributed by atoms with Gasteiger partial charge in [-0.25, -0.2) is 0 Å². The first-order valence-corrected chi connectivity index (χ1v) is 10.4. The molecule has 26 heavy (non-hydrogen) atoms. The smallest absolute Gasteiger partial charge is 0.240 e. The number of aromatic nitrogens is 3. The average Bonchev–Trinajstić information content (AvgIpc) is 3.31. The van der Waals surface area contributed by atoms with Gasteiger partial charge in [-0.05, 0) is 42.8 Å². The van der Waals surface area contributed by atoms with E-state index in [1.165, 1.54) is 17.3 Å². The summed E-state index contributed by atoms with van der Waals surface area (Å²) < 4.78 is 1.96. The highest BCUT2D eigenvalue weighted by molar-refractivity contribution is 8.00. The second-order valence-electron chi connectivity index (χ2n) is 6.32. The number of para-hydroxylation sites is 1. The van der Waals surface area contributed by atoms with Crippen molar-refractivity contribution in [2.75, 3.05) is 11.4 Å². The number of nitrogens with zero attached hydrogens (tertiary/aromatic N) is 4. The van der Waals surface area contributed by atoms with Crippen molar-refractivity contribution >= 4 is 34.7 Å². The lowest BCUT2D eigenvalue weighted by atomic mass is 10.0. The summed E-state index contributed by atoms with van der Waals surface area (Å²) in [6, 6.07) is 12.2. The lowest BCUT2D eigenvalue weighted by Crippen LogP contribution is -2.40. The molecule has 5 nitrogen and oxygen atoms in total. The van der Waals surface area contributed by atoms with Crippen molar-refractivity contribution in [1.82, 2.24) is 14.8 Å². The molecule has 0 unspecified atom stereocenters. The minimum atomic E-state index is -0.222. The number of thioether (sulfide) groups is 1. The molecule has 0 aliphatic carbocycles. The Morgan fingerprint density at radius 2 is 2.08 bits per heavy atom. The lowest BCUT2D eigenvalue weighted by Gasteiger charge is -2.31. The van der Waals surface area contributed by atoms with Gasteiger partial charge >= 0.3 is 0 Å². The Bertz CT molecular complexity index is 920. The second kappa shape index (κ2) is 7.25. The van der Waals surface area contributed by atoms with E-state index >= 15 is 0 Å². The SMILES string of the molecule is C[C@H](Sc1nnc(-c2cccs2)n1C)C(=O)N1CCCc2ccccc21. The number of thiophene rings is 1. The Morgan fingerprint density at radius 3 is 2.88 bits per heavy atom. The van der Waals surface area contributed by atoms with Gasteiger partial charge in [-0.1, -0.05) is 36.0 Å². The fourth-order valence-corrected chi connectivity index (χ4v) is 4.85. The van der Waals surface area contributed by atoms with Crippen LogP contribution in [0.1, 0.15) is 18.9 Å². The monoisotopic (exact) mass is 384 g/mol. The molecule has 0 bridgehead atoms. The molecule has 1 atom stereocenters. The molecular weight excluding hydrogens is 364 g/mol. The molecule has 1 aliphatic heterocycles. The maximum Gasteiger partial charge on any atom is 0.240 e.